The number of aliphatic carboxylic acids is 1. The Bertz CT molecular complexity index is 1230. The highest BCUT2D eigenvalue weighted by Gasteiger charge is 2.32. The number of nitrogens with one attached hydrogen (secondary N) is 1. The lowest BCUT2D eigenvalue weighted by Gasteiger charge is -2.19. The Morgan fingerprint density at radius 3 is 2.45 bits per heavy atom. The fraction of sp³-hybridized carbons (Fsp3) is 0.167. The summed E-state index contributed by atoms with van der Waals surface area (Å²) in [5, 5.41) is 9.30. The Hall–Kier alpha value is -2.95. The van der Waals surface area contributed by atoms with Crippen molar-refractivity contribution >= 4 is 32.8 Å². The molecule has 0 saturated carbocycles. The lowest BCUT2D eigenvalue weighted by molar-refractivity contribution is -0.141. The molecule has 1 heterocycles. The van der Waals surface area contributed by atoms with Gasteiger partial charge in [-0.2, -0.15) is 13.2 Å². The second-order valence-electron chi connectivity index (χ2n) is 6.15. The number of rotatable bonds is 4. The number of fused-ring (bicyclic) bond motifs is 1. The van der Waals surface area contributed by atoms with E-state index < -0.39 is 52.8 Å². The van der Waals surface area contributed by atoms with E-state index in [1.54, 1.807) is 0 Å². The molecule has 0 bridgehead atoms. The zero-order chi connectivity index (χ0) is 21.5. The van der Waals surface area contributed by atoms with Crippen LogP contribution in [0.4, 0.5) is 17.6 Å². The molecular formula is C18H11BrF4N2O4. The van der Waals surface area contributed by atoms with E-state index in [1.807, 2.05) is 4.98 Å². The number of alkyl halides is 3. The van der Waals surface area contributed by atoms with Gasteiger partial charge in [-0.1, -0.05) is 22.0 Å². The van der Waals surface area contributed by atoms with E-state index >= 15 is 0 Å². The largest absolute Gasteiger partial charge is 0.480 e. The molecule has 0 radical (unpaired) electrons. The molecule has 0 aliphatic heterocycles. The Balaban J connectivity index is 2.27. The normalized spacial score (nSPS) is 12.9. The van der Waals surface area contributed by atoms with Gasteiger partial charge in [0.15, 0.2) is 0 Å². The molecule has 3 rings (SSSR count). The zero-order valence-electron chi connectivity index (χ0n) is 14.3. The lowest BCUT2D eigenvalue weighted by Crippen LogP contribution is -2.37. The maximum atomic E-state index is 14.2. The van der Waals surface area contributed by atoms with Gasteiger partial charge in [0.2, 0.25) is 0 Å². The van der Waals surface area contributed by atoms with Crippen LogP contribution in [-0.2, 0) is 17.4 Å². The number of carboxylic acid groups (broad SMARTS) is 1. The second kappa shape index (κ2) is 7.47. The van der Waals surface area contributed by atoms with E-state index in [-0.39, 0.29) is 10.9 Å². The van der Waals surface area contributed by atoms with E-state index in [0.717, 1.165) is 12.1 Å². The van der Waals surface area contributed by atoms with Crippen molar-refractivity contribution in [2.24, 2.45) is 0 Å². The van der Waals surface area contributed by atoms with Crippen LogP contribution in [0.3, 0.4) is 0 Å². The van der Waals surface area contributed by atoms with Gasteiger partial charge in [0.25, 0.3) is 5.56 Å². The van der Waals surface area contributed by atoms with Crippen molar-refractivity contribution in [2.45, 2.75) is 18.6 Å². The average Bonchev–Trinajstić information content (AvgIpc) is 2.61. The summed E-state index contributed by atoms with van der Waals surface area (Å²) in [6.45, 7) is 0. The van der Waals surface area contributed by atoms with Crippen LogP contribution in [0.2, 0.25) is 0 Å². The highest BCUT2D eigenvalue weighted by atomic mass is 79.9. The number of carbonyl (C=O) groups is 1. The molecule has 1 atom stereocenters. The number of benzene rings is 2. The van der Waals surface area contributed by atoms with Crippen LogP contribution in [0.5, 0.6) is 0 Å². The molecule has 0 spiro atoms. The Labute approximate surface area is 167 Å². The van der Waals surface area contributed by atoms with Crippen LogP contribution in [0.25, 0.3) is 10.9 Å². The first-order chi connectivity index (χ1) is 13.5. The molecule has 1 unspecified atom stereocenters. The molecule has 1 aromatic heterocycles. The van der Waals surface area contributed by atoms with Gasteiger partial charge in [-0.3, -0.25) is 14.3 Å². The van der Waals surface area contributed by atoms with E-state index in [9.17, 15) is 37.1 Å². The van der Waals surface area contributed by atoms with Crippen molar-refractivity contribution in [3.8, 4) is 0 Å². The van der Waals surface area contributed by atoms with Gasteiger partial charge in [0, 0.05) is 10.9 Å². The first-order valence-corrected chi connectivity index (χ1v) is 8.81. The number of nitrogens with zero attached hydrogens (tertiary/aromatic N) is 1. The summed E-state index contributed by atoms with van der Waals surface area (Å²) in [5.41, 5.74) is -3.93. The minimum atomic E-state index is -4.78. The third kappa shape index (κ3) is 4.09. The second-order valence-corrected chi connectivity index (χ2v) is 7.07. The van der Waals surface area contributed by atoms with Gasteiger partial charge in [-0.15, -0.1) is 0 Å². The average molecular weight is 475 g/mol. The molecule has 0 fully saturated rings. The molecule has 0 aliphatic carbocycles. The van der Waals surface area contributed by atoms with Crippen molar-refractivity contribution in [2.75, 3.05) is 0 Å². The molecule has 2 aromatic carbocycles. The topological polar surface area (TPSA) is 92.2 Å². The highest BCUT2D eigenvalue weighted by Crippen LogP contribution is 2.31. The van der Waals surface area contributed by atoms with E-state index in [2.05, 4.69) is 15.9 Å². The minimum Gasteiger partial charge on any atom is -0.480 e. The summed E-state index contributed by atoms with van der Waals surface area (Å²) >= 11 is 3.06. The van der Waals surface area contributed by atoms with Gasteiger partial charge in [0.05, 0.1) is 16.5 Å². The van der Waals surface area contributed by atoms with Crippen molar-refractivity contribution in [1.82, 2.24) is 9.55 Å². The molecule has 0 aliphatic rings. The van der Waals surface area contributed by atoms with Gasteiger partial charge < -0.3 is 5.11 Å². The fourth-order valence-electron chi connectivity index (χ4n) is 2.93. The molecule has 6 nitrogen and oxygen atoms in total. The monoisotopic (exact) mass is 474 g/mol. The zero-order valence-corrected chi connectivity index (χ0v) is 15.8. The first-order valence-electron chi connectivity index (χ1n) is 8.01. The molecular weight excluding hydrogens is 464 g/mol. The summed E-state index contributed by atoms with van der Waals surface area (Å²) in [5.74, 6) is -2.34. The summed E-state index contributed by atoms with van der Waals surface area (Å²) in [4.78, 5) is 38.1. The molecule has 3 aromatic rings. The summed E-state index contributed by atoms with van der Waals surface area (Å²) in [6, 6.07) is 4.09. The number of hydrogen-bond acceptors (Lipinski definition) is 3. The van der Waals surface area contributed by atoms with Crippen LogP contribution in [0.15, 0.2) is 50.5 Å². The molecule has 29 heavy (non-hydrogen) atoms. The van der Waals surface area contributed by atoms with Crippen LogP contribution >= 0.6 is 15.9 Å². The molecule has 0 amide bonds. The van der Waals surface area contributed by atoms with Crippen molar-refractivity contribution in [3.63, 3.8) is 0 Å². The third-order valence-electron chi connectivity index (χ3n) is 4.29. The van der Waals surface area contributed by atoms with E-state index in [0.29, 0.717) is 21.2 Å². The minimum absolute atomic E-state index is 0.0705. The maximum absolute atomic E-state index is 14.2. The third-order valence-corrected chi connectivity index (χ3v) is 4.79. The summed E-state index contributed by atoms with van der Waals surface area (Å²) in [7, 11) is 0. The Kier molecular flexibility index (Phi) is 5.35. The predicted octanol–water partition coefficient (Wildman–Crippen LogP) is 3.48. The lowest BCUT2D eigenvalue weighted by atomic mass is 10.0. The molecule has 0 saturated heterocycles. The quantitative estimate of drug-likeness (QED) is 0.566. The van der Waals surface area contributed by atoms with E-state index in [1.165, 1.54) is 12.1 Å². The van der Waals surface area contributed by atoms with Crippen LogP contribution in [0.1, 0.15) is 17.2 Å². The standard InChI is InChI=1S/C18H11BrF4N2O4/c19-10-3-1-8(12(20)7-10)5-14(16(27)28)25-13-6-9(18(21,22)23)2-4-11(13)15(26)24-17(25)29/h1-4,6-7,14H,5H2,(H,27,28)(H,24,26,29). The SMILES string of the molecule is O=C(O)C(Cc1ccc(Br)cc1F)n1c(=O)[nH]c(=O)c2ccc(C(F)(F)F)cc21. The smallest absolute Gasteiger partial charge is 0.416 e. The van der Waals surface area contributed by atoms with Gasteiger partial charge in [-0.05, 0) is 35.9 Å². The first kappa shape index (κ1) is 20.8. The van der Waals surface area contributed by atoms with Crippen LogP contribution in [-0.4, -0.2) is 20.6 Å². The van der Waals surface area contributed by atoms with Gasteiger partial charge in [-0.25, -0.2) is 14.0 Å². The van der Waals surface area contributed by atoms with Crippen molar-refractivity contribution < 1.29 is 27.5 Å². The van der Waals surface area contributed by atoms with E-state index in [4.69, 9.17) is 0 Å². The maximum Gasteiger partial charge on any atom is 0.416 e. The summed E-state index contributed by atoms with van der Waals surface area (Å²) < 4.78 is 54.4. The van der Waals surface area contributed by atoms with Crippen molar-refractivity contribution in [1.29, 1.82) is 0 Å². The number of H-pyrrole nitrogens is 1. The Morgan fingerprint density at radius 2 is 1.86 bits per heavy atom. The molecule has 2 N–H and O–H groups in total. The number of aromatic amines is 1. The van der Waals surface area contributed by atoms with Crippen molar-refractivity contribution in [3.05, 3.63) is 78.7 Å². The number of carboxylic acids is 1. The Morgan fingerprint density at radius 1 is 1.17 bits per heavy atom. The molecule has 152 valence electrons. The van der Waals surface area contributed by atoms with Gasteiger partial charge in [0.1, 0.15) is 11.9 Å². The number of aromatic nitrogens is 2. The highest BCUT2D eigenvalue weighted by molar-refractivity contribution is 9.10. The van der Waals surface area contributed by atoms with Crippen LogP contribution < -0.4 is 11.2 Å². The fourth-order valence-corrected chi connectivity index (χ4v) is 3.26. The summed E-state index contributed by atoms with van der Waals surface area (Å²) in [6.07, 6.45) is -5.32. The van der Waals surface area contributed by atoms with Gasteiger partial charge >= 0.3 is 17.8 Å². The predicted molar refractivity (Wildman–Crippen MR) is 98.3 cm³/mol. The molecule has 11 heteroatoms. The number of hydrogen-bond donors (Lipinski definition) is 2. The number of halogens is 5. The van der Waals surface area contributed by atoms with Crippen LogP contribution in [0, 0.1) is 5.82 Å².